The van der Waals surface area contributed by atoms with Crippen LogP contribution in [0.4, 0.5) is 0 Å². The van der Waals surface area contributed by atoms with Gasteiger partial charge in [-0.1, -0.05) is 0 Å². The van der Waals surface area contributed by atoms with Crippen molar-refractivity contribution in [2.24, 2.45) is 0 Å². The van der Waals surface area contributed by atoms with Crippen LogP contribution in [-0.2, 0) is 0 Å². The number of hydrogen-bond acceptors (Lipinski definition) is 3. The van der Waals surface area contributed by atoms with Gasteiger partial charge in [0.25, 0.3) is 0 Å². The predicted molar refractivity (Wildman–Crippen MR) is 26.4 cm³/mol. The zero-order valence-electron chi connectivity index (χ0n) is 4.29. The third-order valence-corrected chi connectivity index (χ3v) is 0.475. The molecule has 0 aromatic heterocycles. The summed E-state index contributed by atoms with van der Waals surface area (Å²) < 4.78 is 0. The molecule has 0 aliphatic carbocycles. The Morgan fingerprint density at radius 1 is 2.00 bits per heavy atom. The highest BCUT2D eigenvalue weighted by molar-refractivity contribution is 5.13. The summed E-state index contributed by atoms with van der Waals surface area (Å²) >= 11 is 0. The van der Waals surface area contributed by atoms with Crippen molar-refractivity contribution >= 4 is 0 Å². The van der Waals surface area contributed by atoms with Crippen molar-refractivity contribution in [2.45, 2.75) is 6.92 Å². The molecule has 0 bridgehead atoms. The molecule has 0 fully saturated rings. The van der Waals surface area contributed by atoms with E-state index in [1.807, 2.05) is 0 Å². The van der Waals surface area contributed by atoms with Gasteiger partial charge in [-0.25, -0.2) is 0 Å². The van der Waals surface area contributed by atoms with Gasteiger partial charge >= 0.3 is 0 Å². The number of allylic oxidation sites excluding steroid dienone is 1. The second-order valence-electron chi connectivity index (χ2n) is 1.21. The fourth-order valence-electron chi connectivity index (χ4n) is 0.187. The molecule has 0 radical (unpaired) electrons. The molecule has 0 N–H and O–H groups in total. The van der Waals surface area contributed by atoms with E-state index in [1.54, 1.807) is 6.07 Å². The van der Waals surface area contributed by atoms with Crippen molar-refractivity contribution < 1.29 is 4.92 Å². The van der Waals surface area contributed by atoms with Crippen LogP contribution in [0.25, 0.3) is 0 Å². The Bertz CT molecular complexity index is 165. The smallest absolute Gasteiger partial charge is 0.247 e. The summed E-state index contributed by atoms with van der Waals surface area (Å²) in [6.45, 7) is 1.38. The van der Waals surface area contributed by atoms with Crippen molar-refractivity contribution in [3.63, 3.8) is 0 Å². The van der Waals surface area contributed by atoms with E-state index in [1.165, 1.54) is 6.92 Å². The average Bonchev–Trinajstić information content (AvgIpc) is 1.65. The Labute approximate surface area is 46.2 Å². The van der Waals surface area contributed by atoms with Crippen molar-refractivity contribution in [3.8, 4) is 6.07 Å². The lowest BCUT2D eigenvalue weighted by molar-refractivity contribution is -0.403. The SMILES string of the molecule is C/C(C#N)=C/[N+](=O)[O-]. The summed E-state index contributed by atoms with van der Waals surface area (Å²) in [7, 11) is 0. The van der Waals surface area contributed by atoms with Crippen LogP contribution in [0.15, 0.2) is 11.8 Å². The normalized spacial score (nSPS) is 10.2. The lowest BCUT2D eigenvalue weighted by atomic mass is 10.4. The number of nitro groups is 1. The van der Waals surface area contributed by atoms with Gasteiger partial charge in [0.2, 0.25) is 6.20 Å². The Morgan fingerprint density at radius 2 is 2.50 bits per heavy atom. The van der Waals surface area contributed by atoms with Gasteiger partial charge in [-0.3, -0.25) is 10.1 Å². The van der Waals surface area contributed by atoms with Crippen molar-refractivity contribution in [3.05, 3.63) is 21.9 Å². The maximum atomic E-state index is 9.55. The van der Waals surface area contributed by atoms with E-state index >= 15 is 0 Å². The van der Waals surface area contributed by atoms with E-state index in [4.69, 9.17) is 5.26 Å². The molecule has 8 heavy (non-hydrogen) atoms. The third kappa shape index (κ3) is 2.85. The van der Waals surface area contributed by atoms with Crippen LogP contribution >= 0.6 is 0 Å². The van der Waals surface area contributed by atoms with Gasteiger partial charge in [-0.05, 0) is 6.92 Å². The van der Waals surface area contributed by atoms with Gasteiger partial charge < -0.3 is 0 Å². The van der Waals surface area contributed by atoms with Crippen LogP contribution in [0.3, 0.4) is 0 Å². The fraction of sp³-hybridized carbons (Fsp3) is 0.250. The van der Waals surface area contributed by atoms with E-state index in [-0.39, 0.29) is 5.57 Å². The minimum Gasteiger partial charge on any atom is -0.259 e. The van der Waals surface area contributed by atoms with Crippen LogP contribution in [-0.4, -0.2) is 4.92 Å². The van der Waals surface area contributed by atoms with E-state index in [9.17, 15) is 10.1 Å². The predicted octanol–water partition coefficient (Wildman–Crippen LogP) is 0.690. The maximum absolute atomic E-state index is 9.55. The summed E-state index contributed by atoms with van der Waals surface area (Å²) in [6.07, 6.45) is 0.667. The van der Waals surface area contributed by atoms with Gasteiger partial charge in [0.05, 0.1) is 10.5 Å². The molecule has 0 aliphatic rings. The molecule has 0 unspecified atom stereocenters. The first-order valence-corrected chi connectivity index (χ1v) is 1.89. The number of hydrogen-bond donors (Lipinski definition) is 0. The maximum Gasteiger partial charge on any atom is 0.247 e. The Kier molecular flexibility index (Phi) is 2.28. The Balaban J connectivity index is 4.01. The van der Waals surface area contributed by atoms with Crippen molar-refractivity contribution in [1.29, 1.82) is 5.26 Å². The summed E-state index contributed by atoms with van der Waals surface area (Å²) in [5.41, 5.74) is 0.106. The Morgan fingerprint density at radius 3 is 2.62 bits per heavy atom. The molecule has 4 heteroatoms. The molecular formula is C4H4N2O2. The molecule has 0 saturated heterocycles. The van der Waals surface area contributed by atoms with Gasteiger partial charge in [0, 0.05) is 0 Å². The second-order valence-corrected chi connectivity index (χ2v) is 1.21. The minimum atomic E-state index is -0.654. The highest BCUT2D eigenvalue weighted by Gasteiger charge is 1.89. The zero-order chi connectivity index (χ0) is 6.57. The molecule has 0 spiro atoms. The van der Waals surface area contributed by atoms with E-state index in [2.05, 4.69) is 0 Å². The lowest BCUT2D eigenvalue weighted by Crippen LogP contribution is -1.84. The minimum absolute atomic E-state index is 0.106. The highest BCUT2D eigenvalue weighted by atomic mass is 16.6. The van der Waals surface area contributed by atoms with Crippen molar-refractivity contribution in [2.75, 3.05) is 0 Å². The van der Waals surface area contributed by atoms with Crippen molar-refractivity contribution in [1.82, 2.24) is 0 Å². The fourth-order valence-corrected chi connectivity index (χ4v) is 0.187. The first-order valence-electron chi connectivity index (χ1n) is 1.89. The van der Waals surface area contributed by atoms with Crippen LogP contribution in [0.1, 0.15) is 6.92 Å². The molecule has 0 aromatic rings. The van der Waals surface area contributed by atoms with Crippen LogP contribution in [0.2, 0.25) is 0 Å². The number of rotatable bonds is 1. The van der Waals surface area contributed by atoms with Gasteiger partial charge in [0.15, 0.2) is 0 Å². The number of nitriles is 1. The summed E-state index contributed by atoms with van der Waals surface area (Å²) in [6, 6.07) is 1.62. The molecule has 42 valence electrons. The monoisotopic (exact) mass is 112 g/mol. The van der Waals surface area contributed by atoms with Gasteiger partial charge in [-0.2, -0.15) is 5.26 Å². The molecule has 0 saturated carbocycles. The highest BCUT2D eigenvalue weighted by Crippen LogP contribution is 1.86. The van der Waals surface area contributed by atoms with Gasteiger partial charge in [0.1, 0.15) is 6.07 Å². The number of nitrogens with zero attached hydrogens (tertiary/aromatic N) is 2. The largest absolute Gasteiger partial charge is 0.259 e. The molecule has 0 atom stereocenters. The first-order chi connectivity index (χ1) is 3.66. The van der Waals surface area contributed by atoms with Gasteiger partial charge in [-0.15, -0.1) is 0 Å². The van der Waals surface area contributed by atoms with E-state index in [0.29, 0.717) is 6.20 Å². The summed E-state index contributed by atoms with van der Waals surface area (Å²) in [5.74, 6) is 0. The molecule has 0 rings (SSSR count). The molecule has 0 heterocycles. The van der Waals surface area contributed by atoms with Crippen LogP contribution in [0, 0.1) is 21.4 Å². The average molecular weight is 112 g/mol. The molecular weight excluding hydrogens is 108 g/mol. The van der Waals surface area contributed by atoms with Crippen LogP contribution in [0.5, 0.6) is 0 Å². The first kappa shape index (κ1) is 6.63. The standard InChI is InChI=1S/C4H4N2O2/c1-4(2-5)3-6(7)8/h3H,1H3/b4-3-. The van der Waals surface area contributed by atoms with Crippen LogP contribution < -0.4 is 0 Å². The molecule has 4 nitrogen and oxygen atoms in total. The third-order valence-electron chi connectivity index (χ3n) is 0.475. The lowest BCUT2D eigenvalue weighted by Gasteiger charge is -1.75. The topological polar surface area (TPSA) is 66.9 Å². The zero-order valence-corrected chi connectivity index (χ0v) is 4.29. The molecule has 0 aromatic carbocycles. The second kappa shape index (κ2) is 2.75. The summed E-state index contributed by atoms with van der Waals surface area (Å²) in [5, 5.41) is 17.5. The Hall–Kier alpha value is -1.37. The van der Waals surface area contributed by atoms with E-state index < -0.39 is 4.92 Å². The van der Waals surface area contributed by atoms with E-state index in [0.717, 1.165) is 0 Å². The molecule has 0 amide bonds. The quantitative estimate of drug-likeness (QED) is 0.284. The summed E-state index contributed by atoms with van der Waals surface area (Å²) in [4.78, 5) is 8.89. The molecule has 0 aliphatic heterocycles.